The largest absolute Gasteiger partial charge is 0.306 e. The summed E-state index contributed by atoms with van der Waals surface area (Å²) in [5.41, 5.74) is 2.13. The van der Waals surface area contributed by atoms with E-state index in [0.717, 1.165) is 5.56 Å². The summed E-state index contributed by atoms with van der Waals surface area (Å²) in [7, 11) is 0. The highest BCUT2D eigenvalue weighted by Gasteiger charge is 2.09. The minimum atomic E-state index is -0.308. The number of hydrogen-bond donors (Lipinski definition) is 1. The van der Waals surface area contributed by atoms with E-state index >= 15 is 0 Å². The van der Waals surface area contributed by atoms with Gasteiger partial charge >= 0.3 is 0 Å². The van der Waals surface area contributed by atoms with E-state index in [-0.39, 0.29) is 11.9 Å². The van der Waals surface area contributed by atoms with Gasteiger partial charge in [-0.3, -0.25) is 0 Å². The summed E-state index contributed by atoms with van der Waals surface area (Å²) < 4.78 is 13.6. The van der Waals surface area contributed by atoms with Crippen LogP contribution in [0.3, 0.4) is 0 Å². The van der Waals surface area contributed by atoms with E-state index in [2.05, 4.69) is 11.4 Å². The molecule has 4 heteroatoms. The maximum absolute atomic E-state index is 13.6. The van der Waals surface area contributed by atoms with Crippen LogP contribution in [0.4, 0.5) is 4.39 Å². The average molecular weight is 289 g/mol. The van der Waals surface area contributed by atoms with Crippen LogP contribution in [0.5, 0.6) is 0 Å². The zero-order valence-electron chi connectivity index (χ0n) is 11.0. The first kappa shape index (κ1) is 14.5. The Morgan fingerprint density at radius 2 is 1.95 bits per heavy atom. The number of nitrogens with zero attached hydrogens (tertiary/aromatic N) is 1. The molecule has 0 amide bonds. The highest BCUT2D eigenvalue weighted by Crippen LogP contribution is 2.20. The Morgan fingerprint density at radius 1 is 1.25 bits per heavy atom. The second kappa shape index (κ2) is 6.51. The summed E-state index contributed by atoms with van der Waals surface area (Å²) in [6.45, 7) is 2.34. The van der Waals surface area contributed by atoms with Gasteiger partial charge in [-0.15, -0.1) is 0 Å². The highest BCUT2D eigenvalue weighted by atomic mass is 35.5. The lowest BCUT2D eigenvalue weighted by molar-refractivity contribution is 0.544. The first-order valence-corrected chi connectivity index (χ1v) is 6.66. The molecule has 0 bridgehead atoms. The molecule has 2 nitrogen and oxygen atoms in total. The van der Waals surface area contributed by atoms with Crippen molar-refractivity contribution in [3.05, 3.63) is 70.0 Å². The molecule has 102 valence electrons. The summed E-state index contributed by atoms with van der Waals surface area (Å²) in [5, 5.41) is 12.4. The van der Waals surface area contributed by atoms with Gasteiger partial charge in [-0.1, -0.05) is 29.8 Å². The molecule has 0 aliphatic rings. The maximum atomic E-state index is 13.6. The minimum Gasteiger partial charge on any atom is -0.306 e. The highest BCUT2D eigenvalue weighted by molar-refractivity contribution is 6.31. The predicted octanol–water partition coefficient (Wildman–Crippen LogP) is 4.20. The van der Waals surface area contributed by atoms with Crippen molar-refractivity contribution in [3.63, 3.8) is 0 Å². The first-order chi connectivity index (χ1) is 9.61. The number of halogens is 2. The van der Waals surface area contributed by atoms with Gasteiger partial charge in [-0.25, -0.2) is 4.39 Å². The summed E-state index contributed by atoms with van der Waals surface area (Å²) in [6, 6.07) is 14.1. The van der Waals surface area contributed by atoms with E-state index in [1.807, 2.05) is 19.1 Å². The van der Waals surface area contributed by atoms with Crippen LogP contribution in [0, 0.1) is 17.1 Å². The summed E-state index contributed by atoms with van der Waals surface area (Å²) in [4.78, 5) is 0. The molecule has 1 unspecified atom stereocenters. The van der Waals surface area contributed by atoms with Gasteiger partial charge in [0.1, 0.15) is 5.82 Å². The molecule has 1 N–H and O–H groups in total. The van der Waals surface area contributed by atoms with E-state index < -0.39 is 0 Å². The molecule has 0 saturated heterocycles. The van der Waals surface area contributed by atoms with Crippen LogP contribution in [0.2, 0.25) is 5.02 Å². The third kappa shape index (κ3) is 3.36. The summed E-state index contributed by atoms with van der Waals surface area (Å²) in [6.07, 6.45) is 0. The van der Waals surface area contributed by atoms with E-state index in [1.165, 1.54) is 6.07 Å². The van der Waals surface area contributed by atoms with Crippen molar-refractivity contribution in [1.82, 2.24) is 5.32 Å². The van der Waals surface area contributed by atoms with Gasteiger partial charge in [0, 0.05) is 23.2 Å². The lowest BCUT2D eigenvalue weighted by Gasteiger charge is -2.15. The van der Waals surface area contributed by atoms with Crippen LogP contribution >= 0.6 is 11.6 Å². The quantitative estimate of drug-likeness (QED) is 0.915. The average Bonchev–Trinajstić information content (AvgIpc) is 2.46. The molecule has 2 aromatic carbocycles. The smallest absolute Gasteiger partial charge is 0.129 e. The lowest BCUT2D eigenvalue weighted by atomic mass is 10.1. The number of hydrogen-bond acceptors (Lipinski definition) is 2. The minimum absolute atomic E-state index is 0.0402. The second-order valence-electron chi connectivity index (χ2n) is 4.54. The van der Waals surface area contributed by atoms with Gasteiger partial charge in [0.15, 0.2) is 0 Å². The van der Waals surface area contributed by atoms with Crippen LogP contribution in [-0.2, 0) is 6.54 Å². The van der Waals surface area contributed by atoms with Gasteiger partial charge in [0.25, 0.3) is 0 Å². The molecule has 2 aromatic rings. The Labute approximate surface area is 122 Å². The molecule has 1 atom stereocenters. The third-order valence-electron chi connectivity index (χ3n) is 3.19. The van der Waals surface area contributed by atoms with Gasteiger partial charge in [-0.05, 0) is 36.8 Å². The van der Waals surface area contributed by atoms with Gasteiger partial charge in [-0.2, -0.15) is 5.26 Å². The number of benzene rings is 2. The SMILES string of the molecule is CC(NCc1c(F)cccc1Cl)c1ccc(C#N)cc1. The molecule has 0 aliphatic heterocycles. The fraction of sp³-hybridized carbons (Fsp3) is 0.188. The molecule has 0 aromatic heterocycles. The van der Waals surface area contributed by atoms with E-state index in [1.54, 1.807) is 24.3 Å². The van der Waals surface area contributed by atoms with Crippen LogP contribution < -0.4 is 5.32 Å². The zero-order chi connectivity index (χ0) is 14.5. The summed E-state index contributed by atoms with van der Waals surface area (Å²) in [5.74, 6) is -0.308. The van der Waals surface area contributed by atoms with Crippen LogP contribution in [-0.4, -0.2) is 0 Å². The molecular formula is C16H14ClFN2. The van der Waals surface area contributed by atoms with Gasteiger partial charge in [0.2, 0.25) is 0 Å². The monoisotopic (exact) mass is 288 g/mol. The Bertz CT molecular complexity index is 612. The van der Waals surface area contributed by atoms with Crippen molar-refractivity contribution in [2.45, 2.75) is 19.5 Å². The first-order valence-electron chi connectivity index (χ1n) is 6.28. The molecular weight excluding hydrogens is 275 g/mol. The lowest BCUT2D eigenvalue weighted by Crippen LogP contribution is -2.19. The van der Waals surface area contributed by atoms with Crippen LogP contribution in [0.25, 0.3) is 0 Å². The third-order valence-corrected chi connectivity index (χ3v) is 3.54. The Hall–Kier alpha value is -1.89. The predicted molar refractivity (Wildman–Crippen MR) is 77.8 cm³/mol. The van der Waals surface area contributed by atoms with Crippen molar-refractivity contribution in [2.75, 3.05) is 0 Å². The summed E-state index contributed by atoms with van der Waals surface area (Å²) >= 11 is 5.98. The van der Waals surface area contributed by atoms with Crippen LogP contribution in [0.1, 0.15) is 29.7 Å². The molecule has 0 radical (unpaired) electrons. The van der Waals surface area contributed by atoms with Crippen LogP contribution in [0.15, 0.2) is 42.5 Å². The van der Waals surface area contributed by atoms with E-state index in [9.17, 15) is 4.39 Å². The van der Waals surface area contributed by atoms with Gasteiger partial charge < -0.3 is 5.32 Å². The maximum Gasteiger partial charge on any atom is 0.129 e. The normalized spacial score (nSPS) is 11.9. The van der Waals surface area contributed by atoms with Crippen molar-refractivity contribution in [2.24, 2.45) is 0 Å². The Balaban J connectivity index is 2.05. The van der Waals surface area contributed by atoms with Crippen molar-refractivity contribution in [3.8, 4) is 6.07 Å². The molecule has 0 fully saturated rings. The van der Waals surface area contributed by atoms with Crippen molar-refractivity contribution < 1.29 is 4.39 Å². The molecule has 20 heavy (non-hydrogen) atoms. The fourth-order valence-electron chi connectivity index (χ4n) is 1.92. The molecule has 2 rings (SSSR count). The molecule has 0 heterocycles. The Kier molecular flexibility index (Phi) is 4.73. The number of nitriles is 1. The van der Waals surface area contributed by atoms with E-state index in [0.29, 0.717) is 22.7 Å². The fourth-order valence-corrected chi connectivity index (χ4v) is 2.15. The van der Waals surface area contributed by atoms with Crippen molar-refractivity contribution >= 4 is 11.6 Å². The topological polar surface area (TPSA) is 35.8 Å². The number of nitrogens with one attached hydrogen (secondary N) is 1. The Morgan fingerprint density at radius 3 is 2.55 bits per heavy atom. The van der Waals surface area contributed by atoms with Gasteiger partial charge in [0.05, 0.1) is 11.6 Å². The molecule has 0 spiro atoms. The second-order valence-corrected chi connectivity index (χ2v) is 4.94. The molecule has 0 aliphatic carbocycles. The van der Waals surface area contributed by atoms with E-state index in [4.69, 9.17) is 16.9 Å². The van der Waals surface area contributed by atoms with Crippen molar-refractivity contribution in [1.29, 1.82) is 5.26 Å². The standard InChI is InChI=1S/C16H14ClFN2/c1-11(13-7-5-12(9-19)6-8-13)20-10-14-15(17)3-2-4-16(14)18/h2-8,11,20H,10H2,1H3. The zero-order valence-corrected chi connectivity index (χ0v) is 11.8. The number of rotatable bonds is 4. The molecule has 0 saturated carbocycles.